The summed E-state index contributed by atoms with van der Waals surface area (Å²) in [6.45, 7) is 0. The van der Waals surface area contributed by atoms with Crippen LogP contribution in [0.5, 0.6) is 11.5 Å². The van der Waals surface area contributed by atoms with Crippen molar-refractivity contribution in [3.63, 3.8) is 0 Å². The third kappa shape index (κ3) is 2.71. The van der Waals surface area contributed by atoms with E-state index in [2.05, 4.69) is 0 Å². The van der Waals surface area contributed by atoms with E-state index in [-0.39, 0.29) is 10.8 Å². The van der Waals surface area contributed by atoms with Gasteiger partial charge in [0.25, 0.3) is 0 Å². The smallest absolute Gasteiger partial charge is 0.242 e. The highest BCUT2D eigenvalue weighted by Crippen LogP contribution is 2.35. The zero-order valence-electron chi connectivity index (χ0n) is 10.7. The number of methoxy groups -OCH3 is 2. The van der Waals surface area contributed by atoms with Gasteiger partial charge in [-0.25, -0.2) is 12.7 Å². The highest BCUT2D eigenvalue weighted by molar-refractivity contribution is 7.89. The number of ether oxygens (including phenoxy) is 2. The first-order valence-electron chi connectivity index (χ1n) is 5.11. The van der Waals surface area contributed by atoms with Gasteiger partial charge in [-0.1, -0.05) is 0 Å². The number of halogens is 1. The average Bonchev–Trinajstić information content (AvgIpc) is 2.36. The van der Waals surface area contributed by atoms with Crippen molar-refractivity contribution in [2.24, 2.45) is 0 Å². The van der Waals surface area contributed by atoms with E-state index < -0.39 is 10.0 Å². The van der Waals surface area contributed by atoms with Crippen LogP contribution >= 0.6 is 11.6 Å². The first-order valence-corrected chi connectivity index (χ1v) is 7.09. The Labute approximate surface area is 112 Å². The molecule has 5 nitrogen and oxygen atoms in total. The van der Waals surface area contributed by atoms with Gasteiger partial charge in [-0.3, -0.25) is 0 Å². The van der Waals surface area contributed by atoms with Crippen molar-refractivity contribution in [1.82, 2.24) is 4.31 Å². The molecule has 1 aromatic rings. The SMILES string of the molecule is COc1cc(S(=O)(=O)N(C)C)cc(CCl)c1OC. The molecule has 0 aromatic heterocycles. The van der Waals surface area contributed by atoms with Crippen molar-refractivity contribution >= 4 is 21.6 Å². The lowest BCUT2D eigenvalue weighted by Gasteiger charge is -2.16. The van der Waals surface area contributed by atoms with Crippen LogP contribution in [-0.4, -0.2) is 41.0 Å². The second kappa shape index (κ2) is 5.77. The minimum absolute atomic E-state index is 0.126. The summed E-state index contributed by atoms with van der Waals surface area (Å²) in [5.41, 5.74) is 0.568. The second-order valence-electron chi connectivity index (χ2n) is 3.74. The summed E-state index contributed by atoms with van der Waals surface area (Å²) < 4.78 is 35.5. The summed E-state index contributed by atoms with van der Waals surface area (Å²) >= 11 is 5.80. The molecule has 18 heavy (non-hydrogen) atoms. The first kappa shape index (κ1) is 15.1. The van der Waals surface area contributed by atoms with E-state index in [0.29, 0.717) is 17.1 Å². The van der Waals surface area contributed by atoms with Gasteiger partial charge in [0.1, 0.15) is 0 Å². The highest BCUT2D eigenvalue weighted by Gasteiger charge is 2.22. The van der Waals surface area contributed by atoms with Crippen molar-refractivity contribution < 1.29 is 17.9 Å². The Hall–Kier alpha value is -0.980. The molecule has 0 aliphatic rings. The number of sulfonamides is 1. The number of hydrogen-bond donors (Lipinski definition) is 0. The number of nitrogens with zero attached hydrogens (tertiary/aromatic N) is 1. The quantitative estimate of drug-likeness (QED) is 0.775. The molecule has 0 unspecified atom stereocenters. The summed E-state index contributed by atoms with van der Waals surface area (Å²) in [6.07, 6.45) is 0. The zero-order valence-corrected chi connectivity index (χ0v) is 12.3. The van der Waals surface area contributed by atoms with Crippen LogP contribution in [0.25, 0.3) is 0 Å². The van der Waals surface area contributed by atoms with E-state index in [1.807, 2.05) is 0 Å². The van der Waals surface area contributed by atoms with Crippen LogP contribution in [0.15, 0.2) is 17.0 Å². The van der Waals surface area contributed by atoms with Crippen LogP contribution in [0.3, 0.4) is 0 Å². The lowest BCUT2D eigenvalue weighted by Crippen LogP contribution is -2.22. The fourth-order valence-electron chi connectivity index (χ4n) is 1.47. The van der Waals surface area contributed by atoms with E-state index in [1.54, 1.807) is 0 Å². The molecule has 0 aliphatic carbocycles. The molecular weight excluding hydrogens is 278 g/mol. The number of rotatable bonds is 5. The van der Waals surface area contributed by atoms with Crippen LogP contribution in [0, 0.1) is 0 Å². The van der Waals surface area contributed by atoms with Gasteiger partial charge in [0.15, 0.2) is 11.5 Å². The number of hydrogen-bond acceptors (Lipinski definition) is 4. The summed E-state index contributed by atoms with van der Waals surface area (Å²) in [5.74, 6) is 0.928. The second-order valence-corrected chi connectivity index (χ2v) is 6.16. The Morgan fingerprint density at radius 3 is 2.22 bits per heavy atom. The van der Waals surface area contributed by atoms with Crippen LogP contribution < -0.4 is 9.47 Å². The van der Waals surface area contributed by atoms with Gasteiger partial charge in [-0.05, 0) is 6.07 Å². The molecule has 0 saturated carbocycles. The average molecular weight is 294 g/mol. The van der Waals surface area contributed by atoms with Crippen molar-refractivity contribution in [1.29, 1.82) is 0 Å². The van der Waals surface area contributed by atoms with Crippen LogP contribution in [0.4, 0.5) is 0 Å². The van der Waals surface area contributed by atoms with Crippen molar-refractivity contribution in [3.05, 3.63) is 17.7 Å². The van der Waals surface area contributed by atoms with E-state index in [9.17, 15) is 8.42 Å². The summed E-state index contributed by atoms with van der Waals surface area (Å²) in [6, 6.07) is 2.91. The monoisotopic (exact) mass is 293 g/mol. The predicted octanol–water partition coefficient (Wildman–Crippen LogP) is 1.69. The maximum absolute atomic E-state index is 12.1. The van der Waals surface area contributed by atoms with Crippen LogP contribution in [0.2, 0.25) is 0 Å². The van der Waals surface area contributed by atoms with E-state index in [0.717, 1.165) is 4.31 Å². The molecule has 0 aliphatic heterocycles. The molecule has 0 heterocycles. The molecule has 0 saturated heterocycles. The Morgan fingerprint density at radius 2 is 1.83 bits per heavy atom. The van der Waals surface area contributed by atoms with E-state index in [4.69, 9.17) is 21.1 Å². The van der Waals surface area contributed by atoms with Crippen LogP contribution in [-0.2, 0) is 15.9 Å². The normalized spacial score (nSPS) is 11.7. The van der Waals surface area contributed by atoms with Crippen LogP contribution in [0.1, 0.15) is 5.56 Å². The summed E-state index contributed by atoms with van der Waals surface area (Å²) in [5, 5.41) is 0. The molecule has 0 bridgehead atoms. The first-order chi connectivity index (χ1) is 8.38. The highest BCUT2D eigenvalue weighted by atomic mass is 35.5. The standard InChI is InChI=1S/C11H16ClNO4S/c1-13(2)18(14,15)9-5-8(7-12)11(17-4)10(6-9)16-3/h5-6H,7H2,1-4H3. The van der Waals surface area contributed by atoms with Gasteiger partial charge in [-0.2, -0.15) is 0 Å². The van der Waals surface area contributed by atoms with Gasteiger partial charge < -0.3 is 9.47 Å². The fraction of sp³-hybridized carbons (Fsp3) is 0.455. The molecule has 1 aromatic carbocycles. The van der Waals surface area contributed by atoms with Gasteiger partial charge in [0.2, 0.25) is 10.0 Å². The maximum atomic E-state index is 12.1. The van der Waals surface area contributed by atoms with Crippen molar-refractivity contribution in [2.45, 2.75) is 10.8 Å². The summed E-state index contributed by atoms with van der Waals surface area (Å²) in [4.78, 5) is 0.126. The minimum Gasteiger partial charge on any atom is -0.493 e. The Kier molecular flexibility index (Phi) is 4.84. The molecule has 0 atom stereocenters. The van der Waals surface area contributed by atoms with E-state index in [1.165, 1.54) is 40.4 Å². The van der Waals surface area contributed by atoms with Crippen molar-refractivity contribution in [2.75, 3.05) is 28.3 Å². The maximum Gasteiger partial charge on any atom is 0.242 e. The number of benzene rings is 1. The Balaban J connectivity index is 3.51. The molecule has 1 rings (SSSR count). The minimum atomic E-state index is -3.53. The predicted molar refractivity (Wildman–Crippen MR) is 70.0 cm³/mol. The molecule has 0 radical (unpaired) electrons. The topological polar surface area (TPSA) is 55.8 Å². The molecular formula is C11H16ClNO4S. The lowest BCUT2D eigenvalue weighted by atomic mass is 10.2. The fourth-order valence-corrected chi connectivity index (χ4v) is 2.64. The molecule has 102 valence electrons. The summed E-state index contributed by atoms with van der Waals surface area (Å²) in [7, 11) is 2.33. The van der Waals surface area contributed by atoms with Gasteiger partial charge >= 0.3 is 0 Å². The zero-order chi connectivity index (χ0) is 13.9. The van der Waals surface area contributed by atoms with Gasteiger partial charge in [0.05, 0.1) is 25.0 Å². The Morgan fingerprint density at radius 1 is 1.22 bits per heavy atom. The third-order valence-corrected chi connectivity index (χ3v) is 4.53. The third-order valence-electron chi connectivity index (χ3n) is 2.45. The lowest BCUT2D eigenvalue weighted by molar-refractivity contribution is 0.351. The molecule has 0 spiro atoms. The largest absolute Gasteiger partial charge is 0.493 e. The van der Waals surface area contributed by atoms with Gasteiger partial charge in [-0.15, -0.1) is 11.6 Å². The van der Waals surface area contributed by atoms with Gasteiger partial charge in [0, 0.05) is 25.7 Å². The number of alkyl halides is 1. The van der Waals surface area contributed by atoms with E-state index >= 15 is 0 Å². The molecule has 0 fully saturated rings. The van der Waals surface area contributed by atoms with Crippen molar-refractivity contribution in [3.8, 4) is 11.5 Å². The molecule has 0 amide bonds. The molecule has 7 heteroatoms. The Bertz CT molecular complexity index is 503. The molecule has 0 N–H and O–H groups in total.